The molecular formula is C11H21N3O3. The number of urea groups is 1. The summed E-state index contributed by atoms with van der Waals surface area (Å²) in [5.41, 5.74) is -0.259. The third-order valence-corrected chi connectivity index (χ3v) is 2.49. The van der Waals surface area contributed by atoms with Gasteiger partial charge in [-0.1, -0.05) is 0 Å². The fourth-order valence-corrected chi connectivity index (χ4v) is 2.14. The molecule has 1 aliphatic rings. The number of rotatable bonds is 2. The van der Waals surface area contributed by atoms with Crippen LogP contribution in [0.3, 0.4) is 0 Å². The van der Waals surface area contributed by atoms with E-state index >= 15 is 0 Å². The SMILES string of the molecule is CNC(=O)NC(=O)CN1CC(C)OC(C)(C)C1. The van der Waals surface area contributed by atoms with Gasteiger partial charge < -0.3 is 10.1 Å². The Hall–Kier alpha value is -1.14. The second kappa shape index (κ2) is 5.46. The highest BCUT2D eigenvalue weighted by Gasteiger charge is 2.32. The van der Waals surface area contributed by atoms with Crippen molar-refractivity contribution in [3.63, 3.8) is 0 Å². The molecule has 0 aromatic rings. The minimum absolute atomic E-state index is 0.0894. The van der Waals surface area contributed by atoms with Crippen LogP contribution < -0.4 is 10.6 Å². The highest BCUT2D eigenvalue weighted by atomic mass is 16.5. The van der Waals surface area contributed by atoms with Crippen LogP contribution in [-0.2, 0) is 9.53 Å². The number of amides is 3. The molecule has 1 aliphatic heterocycles. The van der Waals surface area contributed by atoms with Gasteiger partial charge in [-0.3, -0.25) is 15.0 Å². The van der Waals surface area contributed by atoms with Crippen molar-refractivity contribution in [2.45, 2.75) is 32.5 Å². The van der Waals surface area contributed by atoms with Gasteiger partial charge in [0.05, 0.1) is 18.2 Å². The lowest BCUT2D eigenvalue weighted by Crippen LogP contribution is -2.54. The van der Waals surface area contributed by atoms with Gasteiger partial charge in [0.1, 0.15) is 0 Å². The summed E-state index contributed by atoms with van der Waals surface area (Å²) in [5.74, 6) is -0.297. The van der Waals surface area contributed by atoms with Crippen LogP contribution in [0.2, 0.25) is 0 Å². The van der Waals surface area contributed by atoms with E-state index in [1.807, 2.05) is 25.7 Å². The summed E-state index contributed by atoms with van der Waals surface area (Å²) in [6, 6.07) is -0.476. The van der Waals surface area contributed by atoms with E-state index in [9.17, 15) is 9.59 Å². The number of nitrogens with zero attached hydrogens (tertiary/aromatic N) is 1. The molecule has 2 N–H and O–H groups in total. The maximum atomic E-state index is 11.5. The largest absolute Gasteiger partial charge is 0.370 e. The Balaban J connectivity index is 2.45. The van der Waals surface area contributed by atoms with Gasteiger partial charge in [0.25, 0.3) is 0 Å². The maximum absolute atomic E-state index is 11.5. The van der Waals surface area contributed by atoms with Crippen LogP contribution in [0.4, 0.5) is 4.79 Å². The van der Waals surface area contributed by atoms with Crippen molar-refractivity contribution in [2.24, 2.45) is 0 Å². The first kappa shape index (κ1) is 13.9. The van der Waals surface area contributed by atoms with E-state index in [4.69, 9.17) is 4.74 Å². The Kier molecular flexibility index (Phi) is 4.47. The van der Waals surface area contributed by atoms with Gasteiger partial charge in [-0.2, -0.15) is 0 Å². The molecule has 0 aromatic heterocycles. The molecule has 1 unspecified atom stereocenters. The van der Waals surface area contributed by atoms with Crippen LogP contribution in [0.25, 0.3) is 0 Å². The van der Waals surface area contributed by atoms with Gasteiger partial charge in [0.2, 0.25) is 5.91 Å². The van der Waals surface area contributed by atoms with Crippen molar-refractivity contribution in [2.75, 3.05) is 26.7 Å². The van der Waals surface area contributed by atoms with Crippen LogP contribution >= 0.6 is 0 Å². The zero-order valence-electron chi connectivity index (χ0n) is 10.9. The Bertz CT molecular complexity index is 304. The average Bonchev–Trinajstić information content (AvgIpc) is 2.13. The maximum Gasteiger partial charge on any atom is 0.321 e. The molecule has 1 heterocycles. The van der Waals surface area contributed by atoms with Crippen LogP contribution in [0, 0.1) is 0 Å². The first-order chi connectivity index (χ1) is 7.82. The van der Waals surface area contributed by atoms with Crippen molar-refractivity contribution in [1.82, 2.24) is 15.5 Å². The Morgan fingerprint density at radius 3 is 2.65 bits per heavy atom. The van der Waals surface area contributed by atoms with Gasteiger partial charge in [0, 0.05) is 20.1 Å². The molecule has 0 radical (unpaired) electrons. The number of hydrogen-bond acceptors (Lipinski definition) is 4. The molecule has 0 spiro atoms. The van der Waals surface area contributed by atoms with Crippen molar-refractivity contribution < 1.29 is 14.3 Å². The van der Waals surface area contributed by atoms with E-state index in [1.54, 1.807) is 0 Å². The van der Waals surface area contributed by atoms with Gasteiger partial charge >= 0.3 is 6.03 Å². The second-order valence-corrected chi connectivity index (χ2v) is 4.99. The van der Waals surface area contributed by atoms with Crippen molar-refractivity contribution in [3.05, 3.63) is 0 Å². The predicted octanol–water partition coefficient (Wildman–Crippen LogP) is -0.0587. The highest BCUT2D eigenvalue weighted by molar-refractivity contribution is 5.95. The molecule has 0 aromatic carbocycles. The van der Waals surface area contributed by atoms with Crippen molar-refractivity contribution in [3.8, 4) is 0 Å². The molecular weight excluding hydrogens is 222 g/mol. The summed E-state index contributed by atoms with van der Waals surface area (Å²) in [6.07, 6.45) is 0.0894. The first-order valence-corrected chi connectivity index (χ1v) is 5.74. The van der Waals surface area contributed by atoms with Crippen LogP contribution in [0.1, 0.15) is 20.8 Å². The molecule has 1 rings (SSSR count). The zero-order valence-corrected chi connectivity index (χ0v) is 10.9. The van der Waals surface area contributed by atoms with Crippen LogP contribution in [-0.4, -0.2) is 55.2 Å². The molecule has 1 atom stereocenters. The quantitative estimate of drug-likeness (QED) is 0.713. The van der Waals surface area contributed by atoms with Gasteiger partial charge in [-0.05, 0) is 20.8 Å². The standard InChI is InChI=1S/C11H21N3O3/c1-8-5-14(7-11(2,3)17-8)6-9(15)13-10(16)12-4/h8H,5-7H2,1-4H3,(H2,12,13,15,16). The monoisotopic (exact) mass is 243 g/mol. The third kappa shape index (κ3) is 4.70. The Morgan fingerprint density at radius 2 is 2.12 bits per heavy atom. The predicted molar refractivity (Wildman–Crippen MR) is 63.7 cm³/mol. The lowest BCUT2D eigenvalue weighted by atomic mass is 10.1. The third-order valence-electron chi connectivity index (χ3n) is 2.49. The fourth-order valence-electron chi connectivity index (χ4n) is 2.14. The molecule has 0 saturated carbocycles. The molecule has 0 aliphatic carbocycles. The van der Waals surface area contributed by atoms with E-state index in [0.717, 1.165) is 0 Å². The second-order valence-electron chi connectivity index (χ2n) is 4.99. The minimum atomic E-state index is -0.476. The molecule has 98 valence electrons. The summed E-state index contributed by atoms with van der Waals surface area (Å²) in [4.78, 5) is 24.5. The molecule has 0 bridgehead atoms. The van der Waals surface area contributed by atoms with E-state index in [1.165, 1.54) is 7.05 Å². The summed E-state index contributed by atoms with van der Waals surface area (Å²) in [7, 11) is 1.47. The van der Waals surface area contributed by atoms with Crippen molar-refractivity contribution in [1.29, 1.82) is 0 Å². The van der Waals surface area contributed by atoms with Gasteiger partial charge in [0.15, 0.2) is 0 Å². The van der Waals surface area contributed by atoms with Crippen LogP contribution in [0.5, 0.6) is 0 Å². The number of hydrogen-bond donors (Lipinski definition) is 2. The Morgan fingerprint density at radius 1 is 1.47 bits per heavy atom. The number of ether oxygens (including phenoxy) is 1. The number of nitrogens with one attached hydrogen (secondary N) is 2. The van der Waals surface area contributed by atoms with Crippen LogP contribution in [0.15, 0.2) is 0 Å². The smallest absolute Gasteiger partial charge is 0.321 e. The number of carbonyl (C=O) groups is 2. The molecule has 1 fully saturated rings. The summed E-state index contributed by atoms with van der Waals surface area (Å²) in [5, 5.41) is 4.59. The topological polar surface area (TPSA) is 70.7 Å². The van der Waals surface area contributed by atoms with Crippen molar-refractivity contribution >= 4 is 11.9 Å². The molecule has 1 saturated heterocycles. The summed E-state index contributed by atoms with van der Waals surface area (Å²) in [6.45, 7) is 7.55. The van der Waals surface area contributed by atoms with Gasteiger partial charge in [-0.15, -0.1) is 0 Å². The normalized spacial score (nSPS) is 24.1. The lowest BCUT2D eigenvalue weighted by Gasteiger charge is -2.41. The van der Waals surface area contributed by atoms with Gasteiger partial charge in [-0.25, -0.2) is 4.79 Å². The number of imide groups is 1. The van der Waals surface area contributed by atoms with E-state index in [-0.39, 0.29) is 24.2 Å². The molecule has 3 amide bonds. The lowest BCUT2D eigenvalue weighted by molar-refractivity contribution is -0.138. The summed E-state index contributed by atoms with van der Waals surface area (Å²) >= 11 is 0. The number of carbonyl (C=O) groups excluding carboxylic acids is 2. The molecule has 6 nitrogen and oxygen atoms in total. The minimum Gasteiger partial charge on any atom is -0.370 e. The highest BCUT2D eigenvalue weighted by Crippen LogP contribution is 2.20. The molecule has 6 heteroatoms. The fraction of sp³-hybridized carbons (Fsp3) is 0.818. The average molecular weight is 243 g/mol. The number of morpholine rings is 1. The zero-order chi connectivity index (χ0) is 13.1. The van der Waals surface area contributed by atoms with E-state index in [0.29, 0.717) is 13.1 Å². The van der Waals surface area contributed by atoms with E-state index < -0.39 is 6.03 Å². The Labute approximate surface area is 102 Å². The molecule has 17 heavy (non-hydrogen) atoms. The first-order valence-electron chi connectivity index (χ1n) is 5.74. The summed E-state index contributed by atoms with van der Waals surface area (Å²) < 4.78 is 5.74. The van der Waals surface area contributed by atoms with E-state index in [2.05, 4.69) is 10.6 Å².